The molecule has 0 aliphatic carbocycles. The molecule has 0 amide bonds. The molecule has 2 heterocycles. The first-order chi connectivity index (χ1) is 13.5. The molecule has 6 nitrogen and oxygen atoms in total. The monoisotopic (exact) mass is 398 g/mol. The SMILES string of the molecule is Cc1cc(-c2cccc(C3=NC(SCC(=O)OF)NN3)c2)cc2ccn(C)c12. The van der Waals surface area contributed by atoms with Gasteiger partial charge in [0.05, 0.1) is 11.3 Å². The van der Waals surface area contributed by atoms with Crippen molar-refractivity contribution in [3.8, 4) is 11.1 Å². The molecule has 8 heteroatoms. The maximum absolute atomic E-state index is 11.8. The lowest BCUT2D eigenvalue weighted by Crippen LogP contribution is -2.34. The summed E-state index contributed by atoms with van der Waals surface area (Å²) in [5, 5.41) is 1.21. The molecule has 1 aliphatic heterocycles. The van der Waals surface area contributed by atoms with E-state index in [0.717, 1.165) is 28.5 Å². The molecule has 0 radical (unpaired) electrons. The minimum absolute atomic E-state index is 0.122. The van der Waals surface area contributed by atoms with Crippen LogP contribution < -0.4 is 10.9 Å². The first-order valence-corrected chi connectivity index (χ1v) is 9.79. The summed E-state index contributed by atoms with van der Waals surface area (Å²) in [6, 6.07) is 14.6. The summed E-state index contributed by atoms with van der Waals surface area (Å²) >= 11 is 1.14. The number of carbonyl (C=O) groups is 1. The number of amidine groups is 1. The molecule has 144 valence electrons. The molecule has 0 spiro atoms. The quantitative estimate of drug-likeness (QED) is 0.689. The largest absolute Gasteiger partial charge is 0.358 e. The first-order valence-electron chi connectivity index (χ1n) is 8.74. The van der Waals surface area contributed by atoms with Gasteiger partial charge in [0.15, 0.2) is 5.50 Å². The van der Waals surface area contributed by atoms with Gasteiger partial charge >= 0.3 is 5.97 Å². The molecule has 3 aromatic rings. The molecule has 0 saturated carbocycles. The number of hydrogen-bond acceptors (Lipinski definition) is 6. The zero-order valence-corrected chi connectivity index (χ0v) is 16.2. The summed E-state index contributed by atoms with van der Waals surface area (Å²) in [7, 11) is 2.05. The Morgan fingerprint density at radius 2 is 2.07 bits per heavy atom. The average Bonchev–Trinajstić information content (AvgIpc) is 3.33. The molecule has 1 atom stereocenters. The fourth-order valence-corrected chi connectivity index (χ4v) is 4.06. The summed E-state index contributed by atoms with van der Waals surface area (Å²) in [5.74, 6) is -0.377. The van der Waals surface area contributed by atoms with E-state index >= 15 is 0 Å². The normalized spacial score (nSPS) is 16.1. The van der Waals surface area contributed by atoms with Gasteiger partial charge in [0.2, 0.25) is 0 Å². The third-order valence-electron chi connectivity index (χ3n) is 4.64. The highest BCUT2D eigenvalue weighted by atomic mass is 32.2. The zero-order chi connectivity index (χ0) is 19.7. The summed E-state index contributed by atoms with van der Waals surface area (Å²) in [6.07, 6.45) is 2.07. The van der Waals surface area contributed by atoms with Gasteiger partial charge in [-0.1, -0.05) is 18.2 Å². The van der Waals surface area contributed by atoms with E-state index in [4.69, 9.17) is 0 Å². The Balaban J connectivity index is 1.59. The Kier molecular flexibility index (Phi) is 5.06. The van der Waals surface area contributed by atoms with Gasteiger partial charge < -0.3 is 9.99 Å². The maximum Gasteiger partial charge on any atom is 0.358 e. The molecule has 0 bridgehead atoms. The number of fused-ring (bicyclic) bond motifs is 1. The van der Waals surface area contributed by atoms with E-state index in [9.17, 15) is 9.32 Å². The van der Waals surface area contributed by atoms with Gasteiger partial charge in [-0.15, -0.1) is 11.8 Å². The number of hydrazine groups is 1. The molecular weight excluding hydrogens is 379 g/mol. The molecule has 4 rings (SSSR count). The number of aliphatic imine (C=N–C) groups is 1. The molecule has 2 aromatic carbocycles. The topological polar surface area (TPSA) is 67.7 Å². The molecule has 1 aliphatic rings. The molecule has 1 unspecified atom stereocenters. The minimum atomic E-state index is -0.927. The highest BCUT2D eigenvalue weighted by Crippen LogP contribution is 2.29. The standard InChI is InChI=1S/C20H19FN4O2S/c1-12-8-16(10-14-6-7-25(2)18(12)14)13-4-3-5-15(9-13)19-22-20(24-23-19)28-11-17(26)27-21/h3-10,20,24H,11H2,1-2H3,(H,22,23). The van der Waals surface area contributed by atoms with Crippen molar-refractivity contribution < 1.29 is 14.3 Å². The summed E-state index contributed by atoms with van der Waals surface area (Å²) in [4.78, 5) is 18.6. The van der Waals surface area contributed by atoms with Crippen LogP contribution in [0, 0.1) is 6.92 Å². The Labute approximate surface area is 165 Å². The van der Waals surface area contributed by atoms with Gasteiger partial charge in [0, 0.05) is 28.7 Å². The predicted molar refractivity (Wildman–Crippen MR) is 109 cm³/mol. The van der Waals surface area contributed by atoms with Crippen LogP contribution in [0.25, 0.3) is 22.0 Å². The second-order valence-corrected chi connectivity index (χ2v) is 7.67. The number of carbonyl (C=O) groups excluding carboxylic acids is 1. The average molecular weight is 398 g/mol. The van der Waals surface area contributed by atoms with Crippen LogP contribution in [0.3, 0.4) is 0 Å². The second-order valence-electron chi connectivity index (χ2n) is 6.60. The highest BCUT2D eigenvalue weighted by Gasteiger charge is 2.20. The van der Waals surface area contributed by atoms with Crippen molar-refractivity contribution in [2.45, 2.75) is 12.4 Å². The van der Waals surface area contributed by atoms with Gasteiger partial charge in [-0.25, -0.2) is 15.2 Å². The summed E-state index contributed by atoms with van der Waals surface area (Å²) < 4.78 is 13.9. The number of halogens is 1. The zero-order valence-electron chi connectivity index (χ0n) is 15.4. The van der Waals surface area contributed by atoms with Crippen LogP contribution in [0.1, 0.15) is 11.1 Å². The van der Waals surface area contributed by atoms with Crippen LogP contribution >= 0.6 is 11.8 Å². The number of nitrogens with zero attached hydrogens (tertiary/aromatic N) is 2. The van der Waals surface area contributed by atoms with Crippen LogP contribution in [-0.4, -0.2) is 27.6 Å². The fourth-order valence-electron chi connectivity index (χ4n) is 3.40. The van der Waals surface area contributed by atoms with Crippen molar-refractivity contribution in [2.24, 2.45) is 12.0 Å². The van der Waals surface area contributed by atoms with Gasteiger partial charge in [0.1, 0.15) is 5.84 Å². The molecule has 0 fully saturated rings. The number of hydrogen-bond donors (Lipinski definition) is 2. The molecule has 1 aromatic heterocycles. The molecule has 0 saturated heterocycles. The minimum Gasteiger partial charge on any atom is -0.350 e. The number of benzene rings is 2. The van der Waals surface area contributed by atoms with Crippen LogP contribution in [0.5, 0.6) is 0 Å². The van der Waals surface area contributed by atoms with E-state index in [-0.39, 0.29) is 11.3 Å². The van der Waals surface area contributed by atoms with Crippen LogP contribution in [0.15, 0.2) is 53.7 Å². The Morgan fingerprint density at radius 3 is 2.89 bits per heavy atom. The van der Waals surface area contributed by atoms with E-state index in [2.05, 4.69) is 68.8 Å². The van der Waals surface area contributed by atoms with Crippen LogP contribution in [0.2, 0.25) is 0 Å². The fraction of sp³-hybridized carbons (Fsp3) is 0.200. The van der Waals surface area contributed by atoms with Crippen LogP contribution in [-0.2, 0) is 16.8 Å². The van der Waals surface area contributed by atoms with Crippen molar-refractivity contribution in [1.82, 2.24) is 15.4 Å². The molecule has 28 heavy (non-hydrogen) atoms. The first kappa shape index (κ1) is 18.5. The lowest BCUT2D eigenvalue weighted by atomic mass is 9.99. The van der Waals surface area contributed by atoms with E-state index in [1.165, 1.54) is 16.5 Å². The maximum atomic E-state index is 11.8. The molecular formula is C20H19FN4O2S. The lowest BCUT2D eigenvalue weighted by Gasteiger charge is -2.09. The number of aryl methyl sites for hydroxylation is 2. The lowest BCUT2D eigenvalue weighted by molar-refractivity contribution is -0.179. The van der Waals surface area contributed by atoms with Gasteiger partial charge in [-0.2, -0.15) is 0 Å². The van der Waals surface area contributed by atoms with Gasteiger partial charge in [0.25, 0.3) is 0 Å². The van der Waals surface area contributed by atoms with E-state index in [1.54, 1.807) is 0 Å². The molecule has 2 N–H and O–H groups in total. The smallest absolute Gasteiger partial charge is 0.350 e. The van der Waals surface area contributed by atoms with Crippen molar-refractivity contribution >= 4 is 34.5 Å². The third-order valence-corrected chi connectivity index (χ3v) is 5.58. The van der Waals surface area contributed by atoms with E-state index in [1.807, 2.05) is 19.2 Å². The number of aromatic nitrogens is 1. The van der Waals surface area contributed by atoms with Crippen molar-refractivity contribution in [1.29, 1.82) is 0 Å². The van der Waals surface area contributed by atoms with E-state index < -0.39 is 5.97 Å². The number of rotatable bonds is 5. The van der Waals surface area contributed by atoms with Crippen LogP contribution in [0.4, 0.5) is 4.53 Å². The summed E-state index contributed by atoms with van der Waals surface area (Å²) in [6.45, 7) is 2.12. The van der Waals surface area contributed by atoms with Gasteiger partial charge in [-0.3, -0.25) is 4.94 Å². The Hall–Kier alpha value is -2.84. The van der Waals surface area contributed by atoms with Gasteiger partial charge in [-0.05, 0) is 47.9 Å². The predicted octanol–water partition coefficient (Wildman–Crippen LogP) is 3.45. The number of thioether (sulfide) groups is 1. The summed E-state index contributed by atoms with van der Waals surface area (Å²) in [5.41, 5.74) is 11.2. The third kappa shape index (κ3) is 3.61. The van der Waals surface area contributed by atoms with E-state index in [0.29, 0.717) is 5.84 Å². The van der Waals surface area contributed by atoms with Crippen molar-refractivity contribution in [2.75, 3.05) is 5.75 Å². The Bertz CT molecular complexity index is 1080. The van der Waals surface area contributed by atoms with Crippen molar-refractivity contribution in [3.05, 3.63) is 59.8 Å². The van der Waals surface area contributed by atoms with Crippen molar-refractivity contribution in [3.63, 3.8) is 0 Å². The highest BCUT2D eigenvalue weighted by molar-refractivity contribution is 8.00. The second kappa shape index (κ2) is 7.65. The number of nitrogens with one attached hydrogen (secondary N) is 2. The Morgan fingerprint density at radius 1 is 1.25 bits per heavy atom.